The minimum atomic E-state index is -1.24. The maximum absolute atomic E-state index is 11.5. The number of carbonyl (C=O) groups is 1. The van der Waals surface area contributed by atoms with Crippen LogP contribution in [-0.2, 0) is 5.41 Å². The molecule has 3 aromatic rings. The molecule has 0 N–H and O–H groups in total. The van der Waals surface area contributed by atoms with Crippen LogP contribution >= 0.6 is 23.2 Å². The van der Waals surface area contributed by atoms with Gasteiger partial charge in [0.25, 0.3) is 0 Å². The molecule has 124 valence electrons. The van der Waals surface area contributed by atoms with E-state index in [1.54, 1.807) is 24.3 Å². The van der Waals surface area contributed by atoms with Crippen LogP contribution in [0, 0.1) is 0 Å². The molecule has 2 aromatic carbocycles. The predicted octanol–water partition coefficient (Wildman–Crippen LogP) is 1.47. The molecule has 0 aliphatic rings. The van der Waals surface area contributed by atoms with Crippen LogP contribution in [0.3, 0.4) is 0 Å². The summed E-state index contributed by atoms with van der Waals surface area (Å²) in [5.41, 5.74) is 1.92. The van der Waals surface area contributed by atoms with Crippen molar-refractivity contribution in [3.8, 4) is 11.5 Å². The van der Waals surface area contributed by atoms with E-state index in [1.807, 2.05) is 20.8 Å². The molecule has 0 saturated carbocycles. The van der Waals surface area contributed by atoms with E-state index in [9.17, 15) is 9.90 Å². The van der Waals surface area contributed by atoms with Crippen LogP contribution in [0.15, 0.2) is 34.7 Å². The van der Waals surface area contributed by atoms with Gasteiger partial charge in [0.2, 0.25) is 5.89 Å². The van der Waals surface area contributed by atoms with Gasteiger partial charge in [-0.2, -0.15) is 0 Å². The third-order valence-corrected chi connectivity index (χ3v) is 4.10. The minimum Gasteiger partial charge on any atom is -0.545 e. The zero-order valence-corrected chi connectivity index (χ0v) is 17.8. The first-order chi connectivity index (χ1) is 11.1. The summed E-state index contributed by atoms with van der Waals surface area (Å²) in [5, 5.41) is 12.4. The quantitative estimate of drug-likeness (QED) is 0.626. The van der Waals surface area contributed by atoms with Crippen molar-refractivity contribution in [3.05, 3.63) is 51.5 Å². The van der Waals surface area contributed by atoms with Crippen molar-refractivity contribution >= 4 is 40.3 Å². The van der Waals surface area contributed by atoms with E-state index in [2.05, 4.69) is 4.98 Å². The number of nitrogens with zero attached hydrogens (tertiary/aromatic N) is 1. The number of benzene rings is 2. The van der Waals surface area contributed by atoms with Crippen LogP contribution in [0.5, 0.6) is 0 Å². The van der Waals surface area contributed by atoms with Gasteiger partial charge in [0, 0.05) is 21.2 Å². The van der Waals surface area contributed by atoms with E-state index < -0.39 is 5.97 Å². The van der Waals surface area contributed by atoms with E-state index in [1.165, 1.54) is 6.07 Å². The SMILES string of the molecule is CC(C)(C)c1cc2nc(-c3cc(Cl)cc(Cl)c3)oc2cc1C(=O)[O-].[Na+]. The fraction of sp³-hybridized carbons (Fsp3) is 0.222. The second-order valence-corrected chi connectivity index (χ2v) is 7.45. The molecule has 0 spiro atoms. The molecule has 0 aliphatic heterocycles. The van der Waals surface area contributed by atoms with Crippen LogP contribution in [0.4, 0.5) is 0 Å². The van der Waals surface area contributed by atoms with Gasteiger partial charge in [-0.15, -0.1) is 0 Å². The molecular formula is C18H14Cl2NNaO3. The third kappa shape index (κ3) is 4.21. The smallest absolute Gasteiger partial charge is 0.545 e. The van der Waals surface area contributed by atoms with Gasteiger partial charge in [0.05, 0.1) is 5.97 Å². The fourth-order valence-electron chi connectivity index (χ4n) is 2.56. The van der Waals surface area contributed by atoms with Crippen LogP contribution in [0.2, 0.25) is 10.0 Å². The summed E-state index contributed by atoms with van der Waals surface area (Å²) in [7, 11) is 0. The number of aromatic carboxylic acids is 1. The molecule has 0 bridgehead atoms. The fourth-order valence-corrected chi connectivity index (χ4v) is 3.09. The van der Waals surface area contributed by atoms with Crippen LogP contribution in [0.25, 0.3) is 22.6 Å². The van der Waals surface area contributed by atoms with Gasteiger partial charge in [0.1, 0.15) is 5.52 Å². The summed E-state index contributed by atoms with van der Waals surface area (Å²) >= 11 is 12.0. The number of carboxylic acids is 1. The Labute approximate surface area is 177 Å². The summed E-state index contributed by atoms with van der Waals surface area (Å²) in [6, 6.07) is 8.15. The number of carboxylic acid groups (broad SMARTS) is 1. The number of carbonyl (C=O) groups excluding carboxylic acids is 1. The average Bonchev–Trinajstić information content (AvgIpc) is 2.86. The monoisotopic (exact) mass is 385 g/mol. The minimum absolute atomic E-state index is 0. The number of aromatic nitrogens is 1. The zero-order chi connectivity index (χ0) is 17.6. The maximum atomic E-state index is 11.5. The number of rotatable bonds is 2. The topological polar surface area (TPSA) is 66.2 Å². The van der Waals surface area contributed by atoms with E-state index in [4.69, 9.17) is 27.6 Å². The summed E-state index contributed by atoms with van der Waals surface area (Å²) in [6.45, 7) is 5.79. The van der Waals surface area contributed by atoms with Crippen molar-refractivity contribution in [3.63, 3.8) is 0 Å². The molecule has 0 aliphatic carbocycles. The van der Waals surface area contributed by atoms with Crippen molar-refractivity contribution < 1.29 is 43.9 Å². The van der Waals surface area contributed by atoms with Gasteiger partial charge < -0.3 is 14.3 Å². The van der Waals surface area contributed by atoms with Gasteiger partial charge >= 0.3 is 29.6 Å². The van der Waals surface area contributed by atoms with E-state index >= 15 is 0 Å². The maximum Gasteiger partial charge on any atom is 1.00 e. The van der Waals surface area contributed by atoms with E-state index in [-0.39, 0.29) is 40.5 Å². The van der Waals surface area contributed by atoms with Crippen molar-refractivity contribution in [1.82, 2.24) is 4.98 Å². The second-order valence-electron chi connectivity index (χ2n) is 6.58. The van der Waals surface area contributed by atoms with Crippen molar-refractivity contribution in [1.29, 1.82) is 0 Å². The van der Waals surface area contributed by atoms with E-state index in [0.717, 1.165) is 0 Å². The Kier molecular flexibility index (Phi) is 5.92. The normalized spacial score (nSPS) is 11.4. The van der Waals surface area contributed by atoms with E-state index in [0.29, 0.717) is 38.2 Å². The standard InChI is InChI=1S/C18H15Cl2NO3.Na/c1-18(2,3)13-8-14-15(7-12(13)17(22)23)24-16(21-14)9-4-10(19)6-11(20)5-9;/h4-8H,1-3H3,(H,22,23);/q;+1/p-1. The summed E-state index contributed by atoms with van der Waals surface area (Å²) in [6.07, 6.45) is 0. The zero-order valence-electron chi connectivity index (χ0n) is 14.3. The molecule has 0 radical (unpaired) electrons. The first-order valence-corrected chi connectivity index (χ1v) is 8.03. The predicted molar refractivity (Wildman–Crippen MR) is 92.5 cm³/mol. The molecular weight excluding hydrogens is 372 g/mol. The molecule has 25 heavy (non-hydrogen) atoms. The Hall–Kier alpha value is -1.04. The average molecular weight is 386 g/mol. The Morgan fingerprint density at radius 1 is 1.08 bits per heavy atom. The number of oxazole rings is 1. The van der Waals surface area contributed by atoms with Crippen molar-refractivity contribution in [2.45, 2.75) is 26.2 Å². The van der Waals surface area contributed by atoms with Gasteiger partial charge in [-0.3, -0.25) is 0 Å². The molecule has 1 aromatic heterocycles. The molecule has 4 nitrogen and oxygen atoms in total. The molecule has 0 atom stereocenters. The summed E-state index contributed by atoms with van der Waals surface area (Å²) in [5.74, 6) is -0.921. The molecule has 3 rings (SSSR count). The first kappa shape index (κ1) is 20.3. The summed E-state index contributed by atoms with van der Waals surface area (Å²) < 4.78 is 5.70. The van der Waals surface area contributed by atoms with Gasteiger partial charge in [-0.25, -0.2) is 4.98 Å². The first-order valence-electron chi connectivity index (χ1n) is 7.28. The molecule has 7 heteroatoms. The van der Waals surface area contributed by atoms with Crippen LogP contribution in [-0.4, -0.2) is 11.0 Å². The van der Waals surface area contributed by atoms with Crippen LogP contribution < -0.4 is 34.7 Å². The van der Waals surface area contributed by atoms with Crippen molar-refractivity contribution in [2.24, 2.45) is 0 Å². The largest absolute Gasteiger partial charge is 1.00 e. The van der Waals surface area contributed by atoms with Gasteiger partial charge in [0.15, 0.2) is 5.58 Å². The molecule has 0 saturated heterocycles. The Morgan fingerprint density at radius 3 is 2.20 bits per heavy atom. The number of hydrogen-bond acceptors (Lipinski definition) is 4. The molecule has 0 fully saturated rings. The van der Waals surface area contributed by atoms with Crippen LogP contribution in [0.1, 0.15) is 36.7 Å². The Balaban J connectivity index is 0.00000225. The molecule has 0 amide bonds. The van der Waals surface area contributed by atoms with Crippen molar-refractivity contribution in [2.75, 3.05) is 0 Å². The molecule has 0 unspecified atom stereocenters. The Bertz CT molecular complexity index is 941. The van der Waals surface area contributed by atoms with Gasteiger partial charge in [-0.05, 0) is 41.3 Å². The number of hydrogen-bond donors (Lipinski definition) is 0. The summed E-state index contributed by atoms with van der Waals surface area (Å²) in [4.78, 5) is 15.9. The number of fused-ring (bicyclic) bond motifs is 1. The molecule has 1 heterocycles. The Morgan fingerprint density at radius 2 is 1.68 bits per heavy atom. The van der Waals surface area contributed by atoms with Gasteiger partial charge in [-0.1, -0.05) is 44.0 Å². The number of halogens is 2. The second kappa shape index (κ2) is 7.29. The third-order valence-electron chi connectivity index (χ3n) is 3.67.